The van der Waals surface area contributed by atoms with Crippen LogP contribution in [0.5, 0.6) is 5.75 Å². The van der Waals surface area contributed by atoms with E-state index in [0.29, 0.717) is 11.8 Å². The third-order valence-corrected chi connectivity index (χ3v) is 6.77. The van der Waals surface area contributed by atoms with Crippen molar-refractivity contribution in [2.45, 2.75) is 32.1 Å². The molecule has 2 fully saturated rings. The van der Waals surface area contributed by atoms with Gasteiger partial charge in [-0.25, -0.2) is 0 Å². The van der Waals surface area contributed by atoms with Crippen molar-refractivity contribution in [1.29, 1.82) is 0 Å². The zero-order chi connectivity index (χ0) is 16.3. The molecule has 1 nitrogen and oxygen atoms in total. The number of hydrogen-bond donors (Lipinski definition) is 0. The van der Waals surface area contributed by atoms with Gasteiger partial charge in [-0.1, -0.05) is 42.5 Å². The number of allylic oxidation sites excluding steroid dienone is 2. The summed E-state index contributed by atoms with van der Waals surface area (Å²) in [5.41, 5.74) is 7.40. The summed E-state index contributed by atoms with van der Waals surface area (Å²) in [6.07, 6.45) is 4.23. The van der Waals surface area contributed by atoms with Crippen LogP contribution in [0, 0.1) is 17.8 Å². The zero-order valence-corrected chi connectivity index (χ0v) is 14.5. The Morgan fingerprint density at radius 3 is 2.42 bits per heavy atom. The second-order valence-corrected chi connectivity index (χ2v) is 7.71. The van der Waals surface area contributed by atoms with Crippen LogP contribution in [0.15, 0.2) is 48.5 Å². The molecular formula is C23H24O. The van der Waals surface area contributed by atoms with Crippen molar-refractivity contribution >= 4 is 11.1 Å². The molecular weight excluding hydrogens is 292 g/mol. The lowest BCUT2D eigenvalue weighted by molar-refractivity contribution is 0.348. The summed E-state index contributed by atoms with van der Waals surface area (Å²) in [6.45, 7) is 2.32. The average Bonchev–Trinajstić information content (AvgIpc) is 3.32. The Kier molecular flexibility index (Phi) is 3.13. The minimum atomic E-state index is 0.684. The highest BCUT2D eigenvalue weighted by atomic mass is 16.5. The Labute approximate surface area is 144 Å². The standard InChI is InChI=1S/C23H24O/c1-14(15-7-4-3-5-8-15)20-18-9-6-10-19(24-2)23(18)22-17-12-11-16(13-17)21(20)22/h3-10,16-17,21-22H,11-13H2,1-2H3/b20-14+/t16-,17+,21-,22-/m0/s1. The summed E-state index contributed by atoms with van der Waals surface area (Å²) in [5.74, 6) is 4.21. The summed E-state index contributed by atoms with van der Waals surface area (Å²) in [6, 6.07) is 17.6. The van der Waals surface area contributed by atoms with Crippen molar-refractivity contribution in [2.75, 3.05) is 7.11 Å². The highest BCUT2D eigenvalue weighted by Crippen LogP contribution is 2.67. The average molecular weight is 316 g/mol. The summed E-state index contributed by atoms with van der Waals surface area (Å²) < 4.78 is 5.78. The van der Waals surface area contributed by atoms with Crippen LogP contribution >= 0.6 is 0 Å². The van der Waals surface area contributed by atoms with Crippen molar-refractivity contribution in [3.63, 3.8) is 0 Å². The molecule has 0 amide bonds. The normalized spacial score (nSPS) is 31.8. The van der Waals surface area contributed by atoms with Crippen molar-refractivity contribution in [3.05, 3.63) is 65.2 Å². The molecule has 0 saturated heterocycles. The van der Waals surface area contributed by atoms with Gasteiger partial charge >= 0.3 is 0 Å². The van der Waals surface area contributed by atoms with Crippen LogP contribution in [0.4, 0.5) is 0 Å². The predicted molar refractivity (Wildman–Crippen MR) is 99.0 cm³/mol. The van der Waals surface area contributed by atoms with Gasteiger partial charge in [-0.15, -0.1) is 0 Å². The van der Waals surface area contributed by atoms with Crippen LogP contribution in [-0.2, 0) is 0 Å². The number of methoxy groups -OCH3 is 1. The lowest BCUT2D eigenvalue weighted by atomic mass is 9.77. The molecule has 2 bridgehead atoms. The molecule has 0 heterocycles. The maximum absolute atomic E-state index is 5.78. The summed E-state index contributed by atoms with van der Waals surface area (Å²) >= 11 is 0. The first-order chi connectivity index (χ1) is 11.8. The molecule has 1 heteroatoms. The quantitative estimate of drug-likeness (QED) is 0.683. The first-order valence-electron chi connectivity index (χ1n) is 9.23. The van der Waals surface area contributed by atoms with E-state index in [-0.39, 0.29) is 0 Å². The minimum absolute atomic E-state index is 0.684. The van der Waals surface area contributed by atoms with Crippen LogP contribution in [0.2, 0.25) is 0 Å². The van der Waals surface area contributed by atoms with Gasteiger partial charge in [0.1, 0.15) is 5.75 Å². The van der Waals surface area contributed by atoms with Crippen molar-refractivity contribution in [3.8, 4) is 5.75 Å². The van der Waals surface area contributed by atoms with E-state index >= 15 is 0 Å². The fraction of sp³-hybridized carbons (Fsp3) is 0.391. The number of fused-ring (bicyclic) bond motifs is 7. The second-order valence-electron chi connectivity index (χ2n) is 7.71. The van der Waals surface area contributed by atoms with Gasteiger partial charge in [-0.3, -0.25) is 0 Å². The smallest absolute Gasteiger partial charge is 0.122 e. The van der Waals surface area contributed by atoms with E-state index in [0.717, 1.165) is 17.6 Å². The fourth-order valence-corrected chi connectivity index (χ4v) is 5.90. The van der Waals surface area contributed by atoms with Gasteiger partial charge in [0.15, 0.2) is 0 Å². The van der Waals surface area contributed by atoms with E-state index in [2.05, 4.69) is 55.5 Å². The molecule has 24 heavy (non-hydrogen) atoms. The Bertz CT molecular complexity index is 817. The molecule has 5 rings (SSSR count). The molecule has 3 aliphatic rings. The molecule has 2 aromatic rings. The summed E-state index contributed by atoms with van der Waals surface area (Å²) in [4.78, 5) is 0. The Balaban J connectivity index is 1.77. The van der Waals surface area contributed by atoms with Crippen molar-refractivity contribution in [2.24, 2.45) is 17.8 Å². The maximum atomic E-state index is 5.78. The van der Waals surface area contributed by atoms with Gasteiger partial charge in [0, 0.05) is 5.56 Å². The topological polar surface area (TPSA) is 9.23 Å². The van der Waals surface area contributed by atoms with E-state index < -0.39 is 0 Å². The fourth-order valence-electron chi connectivity index (χ4n) is 5.90. The molecule has 4 atom stereocenters. The zero-order valence-electron chi connectivity index (χ0n) is 14.5. The maximum Gasteiger partial charge on any atom is 0.122 e. The van der Waals surface area contributed by atoms with E-state index in [1.165, 1.54) is 41.5 Å². The van der Waals surface area contributed by atoms with Crippen LogP contribution in [-0.4, -0.2) is 7.11 Å². The minimum Gasteiger partial charge on any atom is -0.496 e. The second kappa shape index (κ2) is 5.24. The summed E-state index contributed by atoms with van der Waals surface area (Å²) in [7, 11) is 1.82. The van der Waals surface area contributed by atoms with Gasteiger partial charge in [0.25, 0.3) is 0 Å². The van der Waals surface area contributed by atoms with Crippen LogP contribution < -0.4 is 4.74 Å². The largest absolute Gasteiger partial charge is 0.496 e. The van der Waals surface area contributed by atoms with Crippen LogP contribution in [0.3, 0.4) is 0 Å². The predicted octanol–water partition coefficient (Wildman–Crippen LogP) is 5.77. The van der Waals surface area contributed by atoms with Gasteiger partial charge in [-0.2, -0.15) is 0 Å². The van der Waals surface area contributed by atoms with E-state index in [1.54, 1.807) is 5.57 Å². The van der Waals surface area contributed by atoms with Gasteiger partial charge in [0.05, 0.1) is 7.11 Å². The number of ether oxygens (including phenoxy) is 1. The Morgan fingerprint density at radius 2 is 1.67 bits per heavy atom. The molecule has 0 N–H and O–H groups in total. The monoisotopic (exact) mass is 316 g/mol. The number of benzene rings is 2. The van der Waals surface area contributed by atoms with E-state index in [1.807, 2.05) is 7.11 Å². The molecule has 0 spiro atoms. The molecule has 0 unspecified atom stereocenters. The van der Waals surface area contributed by atoms with Crippen molar-refractivity contribution in [1.82, 2.24) is 0 Å². The molecule has 2 saturated carbocycles. The molecule has 0 aliphatic heterocycles. The molecule has 3 aliphatic carbocycles. The lowest BCUT2D eigenvalue weighted by Crippen LogP contribution is -2.16. The van der Waals surface area contributed by atoms with Crippen LogP contribution in [0.1, 0.15) is 48.8 Å². The molecule has 2 aromatic carbocycles. The van der Waals surface area contributed by atoms with Crippen LogP contribution in [0.25, 0.3) is 11.1 Å². The lowest BCUT2D eigenvalue weighted by Gasteiger charge is -2.27. The molecule has 0 aromatic heterocycles. The highest BCUT2D eigenvalue weighted by Gasteiger charge is 2.55. The van der Waals surface area contributed by atoms with Gasteiger partial charge in [0.2, 0.25) is 0 Å². The van der Waals surface area contributed by atoms with Gasteiger partial charge < -0.3 is 4.74 Å². The first-order valence-corrected chi connectivity index (χ1v) is 9.23. The molecule has 0 radical (unpaired) electrons. The van der Waals surface area contributed by atoms with Crippen molar-refractivity contribution < 1.29 is 4.74 Å². The molecule has 122 valence electrons. The Hall–Kier alpha value is -2.02. The third kappa shape index (κ3) is 1.81. The number of hydrogen-bond acceptors (Lipinski definition) is 1. The number of rotatable bonds is 2. The van der Waals surface area contributed by atoms with Gasteiger partial charge in [-0.05, 0) is 78.2 Å². The van der Waals surface area contributed by atoms with E-state index in [9.17, 15) is 0 Å². The van der Waals surface area contributed by atoms with E-state index in [4.69, 9.17) is 4.74 Å². The summed E-state index contributed by atoms with van der Waals surface area (Å²) in [5, 5.41) is 0. The SMILES string of the molecule is COc1cccc2c1[C@H]1[C@@H]3CC[C@@H](C3)[C@H]1/C2=C(\C)c1ccccc1. The Morgan fingerprint density at radius 1 is 0.917 bits per heavy atom. The third-order valence-electron chi connectivity index (χ3n) is 6.77. The highest BCUT2D eigenvalue weighted by molar-refractivity contribution is 5.95. The first kappa shape index (κ1) is 14.3.